The smallest absolute Gasteiger partial charge is 0.0582 e. The summed E-state index contributed by atoms with van der Waals surface area (Å²) in [7, 11) is 0. The lowest BCUT2D eigenvalue weighted by molar-refractivity contribution is 0.594. The molecule has 39 heavy (non-hydrogen) atoms. The summed E-state index contributed by atoms with van der Waals surface area (Å²) in [6.07, 6.45) is 2.23. The molecule has 0 bridgehead atoms. The van der Waals surface area contributed by atoms with Gasteiger partial charge in [0.2, 0.25) is 0 Å². The molecule has 0 fully saturated rings. The van der Waals surface area contributed by atoms with Gasteiger partial charge in [-0.1, -0.05) is 107 Å². The molecule has 1 heteroatoms. The number of aromatic nitrogens is 1. The molecule has 5 aromatic carbocycles. The minimum atomic E-state index is -0.107. The number of para-hydroxylation sites is 2. The largest absolute Gasteiger partial charge is 0.308 e. The molecule has 0 amide bonds. The first-order chi connectivity index (χ1) is 18.9. The maximum atomic E-state index is 2.62. The van der Waals surface area contributed by atoms with Crippen LogP contribution < -0.4 is 0 Å². The van der Waals surface area contributed by atoms with E-state index in [0.717, 1.165) is 12.8 Å². The Kier molecular flexibility index (Phi) is 3.86. The predicted octanol–water partition coefficient (Wildman–Crippen LogP) is 9.49. The first kappa shape index (κ1) is 21.8. The Morgan fingerprint density at radius 1 is 0.538 bits per heavy atom. The van der Waals surface area contributed by atoms with Gasteiger partial charge < -0.3 is 4.57 Å². The molecule has 1 nitrogen and oxygen atoms in total. The zero-order valence-corrected chi connectivity index (χ0v) is 23.0. The summed E-state index contributed by atoms with van der Waals surface area (Å²) >= 11 is 0. The van der Waals surface area contributed by atoms with Crippen LogP contribution in [0.25, 0.3) is 49.7 Å². The summed E-state index contributed by atoms with van der Waals surface area (Å²) in [5.41, 5.74) is 18.3. The molecule has 188 valence electrons. The number of aryl methyl sites for hydroxylation is 2. The summed E-state index contributed by atoms with van der Waals surface area (Å²) in [5, 5.41) is 2.76. The number of benzene rings is 5. The van der Waals surface area contributed by atoms with Crippen LogP contribution in [-0.2, 0) is 23.7 Å². The van der Waals surface area contributed by atoms with Crippen molar-refractivity contribution < 1.29 is 0 Å². The van der Waals surface area contributed by atoms with E-state index < -0.39 is 0 Å². The minimum Gasteiger partial charge on any atom is -0.308 e. The zero-order valence-electron chi connectivity index (χ0n) is 23.0. The summed E-state index contributed by atoms with van der Waals surface area (Å²) in [5.74, 6) is 0. The number of fused-ring (bicyclic) bond motifs is 4. The monoisotopic (exact) mass is 501 g/mol. The van der Waals surface area contributed by atoms with Gasteiger partial charge in [-0.15, -0.1) is 0 Å². The minimum absolute atomic E-state index is 0.0478. The molecule has 3 heterocycles. The lowest BCUT2D eigenvalue weighted by atomic mass is 9.68. The van der Waals surface area contributed by atoms with E-state index in [1.54, 1.807) is 0 Å². The number of nitrogens with zero attached hydrogens (tertiary/aromatic N) is 1. The molecule has 0 atom stereocenters. The van der Waals surface area contributed by atoms with Gasteiger partial charge in [-0.2, -0.15) is 0 Å². The Labute approximate surface area is 229 Å². The van der Waals surface area contributed by atoms with Crippen LogP contribution in [0, 0.1) is 0 Å². The van der Waals surface area contributed by atoms with Crippen LogP contribution in [0.3, 0.4) is 0 Å². The second-order valence-electron chi connectivity index (χ2n) is 12.9. The summed E-state index contributed by atoms with van der Waals surface area (Å²) in [6, 6.07) is 35.0. The van der Waals surface area contributed by atoms with E-state index in [1.807, 2.05) is 0 Å². The van der Waals surface area contributed by atoms with Crippen LogP contribution >= 0.6 is 0 Å². The van der Waals surface area contributed by atoms with Gasteiger partial charge in [-0.05, 0) is 80.6 Å². The second kappa shape index (κ2) is 6.90. The molecule has 0 unspecified atom stereocenters. The SMILES string of the molecule is CC1(C)c2cccc3c2-n2c4c1cccc4c1cc(-c4cccc5c4-c4ccccc4CC5)cc(c12)C3(C)C. The quantitative estimate of drug-likeness (QED) is 0.211. The van der Waals surface area contributed by atoms with Gasteiger partial charge >= 0.3 is 0 Å². The van der Waals surface area contributed by atoms with Crippen molar-refractivity contribution in [2.24, 2.45) is 0 Å². The van der Waals surface area contributed by atoms with Crippen molar-refractivity contribution in [3.63, 3.8) is 0 Å². The first-order valence-corrected chi connectivity index (χ1v) is 14.3. The van der Waals surface area contributed by atoms with E-state index in [0.29, 0.717) is 0 Å². The molecular weight excluding hydrogens is 470 g/mol. The second-order valence-corrected chi connectivity index (χ2v) is 12.9. The number of rotatable bonds is 1. The molecular formula is C38H31N. The molecule has 0 saturated carbocycles. The Morgan fingerprint density at radius 2 is 1.15 bits per heavy atom. The standard InChI is InChI=1S/C38H31N/c1-37(2)29-15-8-14-27-28-20-24(26-13-7-11-23-19-18-22-10-5-6-12-25(22)33(23)26)21-32-35(28)39(34(27)29)36-30(37)16-9-17-31(36)38(32,3)4/h5-17,20-21H,18-19H2,1-4H3. The van der Waals surface area contributed by atoms with Crippen molar-refractivity contribution in [3.05, 3.63) is 124 Å². The van der Waals surface area contributed by atoms with E-state index in [4.69, 9.17) is 0 Å². The third-order valence-electron chi connectivity index (χ3n) is 10.2. The first-order valence-electron chi connectivity index (χ1n) is 14.3. The summed E-state index contributed by atoms with van der Waals surface area (Å²) in [4.78, 5) is 0. The van der Waals surface area contributed by atoms with Gasteiger partial charge in [0.15, 0.2) is 0 Å². The van der Waals surface area contributed by atoms with E-state index in [2.05, 4.69) is 123 Å². The van der Waals surface area contributed by atoms with Gasteiger partial charge in [0, 0.05) is 21.6 Å². The summed E-state index contributed by atoms with van der Waals surface area (Å²) in [6.45, 7) is 9.67. The molecule has 0 N–H and O–H groups in total. The van der Waals surface area contributed by atoms with Crippen molar-refractivity contribution in [1.29, 1.82) is 0 Å². The van der Waals surface area contributed by atoms with Crippen molar-refractivity contribution in [1.82, 2.24) is 4.57 Å². The van der Waals surface area contributed by atoms with Crippen molar-refractivity contribution in [2.75, 3.05) is 0 Å². The summed E-state index contributed by atoms with van der Waals surface area (Å²) < 4.78 is 2.62. The Hall–Kier alpha value is -4.10. The van der Waals surface area contributed by atoms with Crippen LogP contribution in [0.2, 0.25) is 0 Å². The van der Waals surface area contributed by atoms with Gasteiger partial charge in [0.25, 0.3) is 0 Å². The molecule has 3 aliphatic rings. The Morgan fingerprint density at radius 3 is 2.00 bits per heavy atom. The molecule has 6 aromatic rings. The zero-order chi connectivity index (χ0) is 26.3. The van der Waals surface area contributed by atoms with E-state index in [-0.39, 0.29) is 10.8 Å². The highest BCUT2D eigenvalue weighted by atomic mass is 15.0. The molecule has 9 rings (SSSR count). The van der Waals surface area contributed by atoms with Gasteiger partial charge in [-0.3, -0.25) is 0 Å². The molecule has 1 aromatic heterocycles. The van der Waals surface area contributed by atoms with E-state index in [1.165, 1.54) is 83.1 Å². The highest BCUT2D eigenvalue weighted by Crippen LogP contribution is 2.56. The van der Waals surface area contributed by atoms with Crippen LogP contribution in [0.15, 0.2) is 91.0 Å². The van der Waals surface area contributed by atoms with Crippen LogP contribution in [0.4, 0.5) is 0 Å². The molecule has 1 aliphatic carbocycles. The topological polar surface area (TPSA) is 4.93 Å². The van der Waals surface area contributed by atoms with E-state index >= 15 is 0 Å². The van der Waals surface area contributed by atoms with E-state index in [9.17, 15) is 0 Å². The average molecular weight is 502 g/mol. The Balaban J connectivity index is 1.46. The van der Waals surface area contributed by atoms with Crippen LogP contribution in [0.1, 0.15) is 61.1 Å². The molecule has 0 spiro atoms. The third kappa shape index (κ3) is 2.48. The lowest BCUT2D eigenvalue weighted by Gasteiger charge is -2.42. The molecule has 0 saturated heterocycles. The maximum absolute atomic E-state index is 2.62. The number of hydrogen-bond donors (Lipinski definition) is 0. The highest BCUT2D eigenvalue weighted by Gasteiger charge is 2.43. The van der Waals surface area contributed by atoms with Gasteiger partial charge in [0.1, 0.15) is 0 Å². The number of hydrogen-bond acceptors (Lipinski definition) is 0. The molecule has 2 aliphatic heterocycles. The van der Waals surface area contributed by atoms with Crippen LogP contribution in [0.5, 0.6) is 0 Å². The lowest BCUT2D eigenvalue weighted by Crippen LogP contribution is -2.33. The van der Waals surface area contributed by atoms with Crippen molar-refractivity contribution in [2.45, 2.75) is 51.4 Å². The average Bonchev–Trinajstić information content (AvgIpc) is 3.29. The Bertz CT molecular complexity index is 2060. The maximum Gasteiger partial charge on any atom is 0.0582 e. The fourth-order valence-corrected chi connectivity index (χ4v) is 8.26. The fraction of sp³-hybridized carbons (Fsp3) is 0.211. The third-order valence-corrected chi connectivity index (χ3v) is 10.2. The highest BCUT2D eigenvalue weighted by molar-refractivity contribution is 6.15. The fourth-order valence-electron chi connectivity index (χ4n) is 8.26. The van der Waals surface area contributed by atoms with Crippen molar-refractivity contribution >= 4 is 21.8 Å². The molecule has 0 radical (unpaired) electrons. The normalized spacial score (nSPS) is 16.9. The van der Waals surface area contributed by atoms with Crippen molar-refractivity contribution in [3.8, 4) is 27.9 Å². The van der Waals surface area contributed by atoms with Crippen LogP contribution in [-0.4, -0.2) is 4.57 Å². The predicted molar refractivity (Wildman–Crippen MR) is 163 cm³/mol. The van der Waals surface area contributed by atoms with Gasteiger partial charge in [0.05, 0.1) is 16.7 Å². The van der Waals surface area contributed by atoms with Gasteiger partial charge in [-0.25, -0.2) is 0 Å².